The third-order valence-electron chi connectivity index (χ3n) is 4.27. The zero-order valence-electron chi connectivity index (χ0n) is 15.2. The van der Waals surface area contributed by atoms with Crippen LogP contribution in [0.1, 0.15) is 25.3 Å². The van der Waals surface area contributed by atoms with Gasteiger partial charge in [0.05, 0.1) is 5.75 Å². The van der Waals surface area contributed by atoms with E-state index in [1.807, 2.05) is 35.2 Å². The molecule has 0 atom stereocenters. The van der Waals surface area contributed by atoms with Crippen molar-refractivity contribution < 1.29 is 22.1 Å². The summed E-state index contributed by atoms with van der Waals surface area (Å²) < 4.78 is 33.6. The van der Waals surface area contributed by atoms with Crippen molar-refractivity contribution in [2.24, 2.45) is 0 Å². The van der Waals surface area contributed by atoms with Crippen LogP contribution in [0, 0.1) is 0 Å². The highest BCUT2D eigenvalue weighted by Crippen LogP contribution is 2.29. The predicted octanol–water partition coefficient (Wildman–Crippen LogP) is 2.99. The number of benzene rings is 2. The first kappa shape index (κ1) is 19.2. The molecule has 27 heavy (non-hydrogen) atoms. The number of carbonyl (C=O) groups excluding carboxylic acids is 1. The van der Waals surface area contributed by atoms with Crippen molar-refractivity contribution >= 4 is 16.0 Å². The van der Waals surface area contributed by atoms with Crippen LogP contribution in [-0.4, -0.2) is 37.6 Å². The van der Waals surface area contributed by atoms with Crippen LogP contribution in [0.3, 0.4) is 0 Å². The van der Waals surface area contributed by atoms with Crippen LogP contribution in [0.5, 0.6) is 11.5 Å². The zero-order chi connectivity index (χ0) is 19.3. The number of carbonyl (C=O) groups is 1. The normalized spacial score (nSPS) is 13.8. The van der Waals surface area contributed by atoms with Gasteiger partial charge in [-0.25, -0.2) is 0 Å². The monoisotopic (exact) mass is 389 g/mol. The number of ether oxygens (including phenoxy) is 1. The minimum Gasteiger partial charge on any atom is -0.484 e. The van der Waals surface area contributed by atoms with Crippen LogP contribution < -0.4 is 8.92 Å². The molecular weight excluding hydrogens is 366 g/mol. The molecule has 144 valence electrons. The van der Waals surface area contributed by atoms with E-state index in [1.165, 1.54) is 6.92 Å². The second-order valence-corrected chi connectivity index (χ2v) is 8.29. The lowest BCUT2D eigenvalue weighted by molar-refractivity contribution is -0.134. The maximum Gasteiger partial charge on any atom is 0.308 e. The van der Waals surface area contributed by atoms with Gasteiger partial charge in [-0.1, -0.05) is 30.3 Å². The van der Waals surface area contributed by atoms with E-state index in [0.717, 1.165) is 18.4 Å². The fourth-order valence-electron chi connectivity index (χ4n) is 2.60. The average molecular weight is 389 g/mol. The molecule has 1 amide bonds. The van der Waals surface area contributed by atoms with Gasteiger partial charge in [0, 0.05) is 12.6 Å². The lowest BCUT2D eigenvalue weighted by Crippen LogP contribution is -2.36. The fourth-order valence-corrected chi connectivity index (χ4v) is 3.13. The highest BCUT2D eigenvalue weighted by atomic mass is 32.2. The van der Waals surface area contributed by atoms with Crippen LogP contribution >= 0.6 is 0 Å². The molecular formula is C20H23NO5S. The Hall–Kier alpha value is -2.54. The van der Waals surface area contributed by atoms with E-state index in [1.54, 1.807) is 24.3 Å². The molecule has 0 aliphatic heterocycles. The first-order chi connectivity index (χ1) is 13.0. The first-order valence-electron chi connectivity index (χ1n) is 8.95. The van der Waals surface area contributed by atoms with Gasteiger partial charge in [-0.05, 0) is 49.6 Å². The van der Waals surface area contributed by atoms with Gasteiger partial charge in [-0.15, -0.1) is 0 Å². The molecule has 0 N–H and O–H groups in total. The van der Waals surface area contributed by atoms with Crippen molar-refractivity contribution in [3.8, 4) is 11.5 Å². The van der Waals surface area contributed by atoms with Crippen molar-refractivity contribution in [3.63, 3.8) is 0 Å². The Morgan fingerprint density at radius 3 is 2.30 bits per heavy atom. The lowest BCUT2D eigenvalue weighted by Gasteiger charge is -2.23. The van der Waals surface area contributed by atoms with Gasteiger partial charge in [0.2, 0.25) is 0 Å². The van der Waals surface area contributed by atoms with Crippen LogP contribution in [-0.2, 0) is 21.5 Å². The molecule has 7 heteroatoms. The molecule has 2 aromatic carbocycles. The van der Waals surface area contributed by atoms with E-state index >= 15 is 0 Å². The minimum atomic E-state index is -3.54. The van der Waals surface area contributed by atoms with Gasteiger partial charge in [-0.2, -0.15) is 8.42 Å². The number of para-hydroxylation sites is 1. The van der Waals surface area contributed by atoms with Crippen LogP contribution in [0.4, 0.5) is 0 Å². The SMILES string of the molecule is CCS(=O)(=O)Oc1ccc(CN(C(=O)COc2ccccc2)C2CC2)cc1. The summed E-state index contributed by atoms with van der Waals surface area (Å²) in [4.78, 5) is 14.4. The standard InChI is InChI=1S/C20H23NO5S/c1-2-27(23,24)26-19-12-8-16(9-13-19)14-21(17-10-11-17)20(22)15-25-18-6-4-3-5-7-18/h3-9,12-13,17H,2,10-11,14-15H2,1H3. The van der Waals surface area contributed by atoms with Crippen molar-refractivity contribution in [2.75, 3.05) is 12.4 Å². The number of hydrogen-bond donors (Lipinski definition) is 0. The van der Waals surface area contributed by atoms with E-state index in [4.69, 9.17) is 8.92 Å². The second kappa shape index (κ2) is 8.43. The summed E-state index contributed by atoms with van der Waals surface area (Å²) in [6.45, 7) is 1.99. The highest BCUT2D eigenvalue weighted by molar-refractivity contribution is 7.87. The predicted molar refractivity (Wildman–Crippen MR) is 102 cm³/mol. The molecule has 1 saturated carbocycles. The van der Waals surface area contributed by atoms with E-state index in [-0.39, 0.29) is 30.1 Å². The van der Waals surface area contributed by atoms with E-state index in [2.05, 4.69) is 0 Å². The number of amides is 1. The van der Waals surface area contributed by atoms with Gasteiger partial charge >= 0.3 is 10.1 Å². The summed E-state index contributed by atoms with van der Waals surface area (Å²) >= 11 is 0. The summed E-state index contributed by atoms with van der Waals surface area (Å²) in [6, 6.07) is 16.3. The molecule has 1 aliphatic rings. The molecule has 0 heterocycles. The number of hydrogen-bond acceptors (Lipinski definition) is 5. The van der Waals surface area contributed by atoms with Crippen molar-refractivity contribution in [3.05, 3.63) is 60.2 Å². The van der Waals surface area contributed by atoms with E-state index < -0.39 is 10.1 Å². The van der Waals surface area contributed by atoms with E-state index in [9.17, 15) is 13.2 Å². The quantitative estimate of drug-likeness (QED) is 0.617. The molecule has 1 aliphatic carbocycles. The summed E-state index contributed by atoms with van der Waals surface area (Å²) in [5.41, 5.74) is 0.913. The van der Waals surface area contributed by atoms with Gasteiger partial charge in [0.1, 0.15) is 11.5 Å². The molecule has 6 nitrogen and oxygen atoms in total. The third-order valence-corrected chi connectivity index (χ3v) is 5.42. The Labute approximate surface area is 159 Å². The Morgan fingerprint density at radius 2 is 1.70 bits per heavy atom. The smallest absolute Gasteiger partial charge is 0.308 e. The van der Waals surface area contributed by atoms with Gasteiger partial charge < -0.3 is 13.8 Å². The van der Waals surface area contributed by atoms with Crippen LogP contribution in [0.25, 0.3) is 0 Å². The summed E-state index contributed by atoms with van der Waals surface area (Å²) in [7, 11) is -3.54. The molecule has 0 saturated heterocycles. The Kier molecular flexibility index (Phi) is 6.01. The Morgan fingerprint density at radius 1 is 1.04 bits per heavy atom. The molecule has 0 radical (unpaired) electrons. The van der Waals surface area contributed by atoms with Gasteiger partial charge in [0.25, 0.3) is 5.91 Å². The van der Waals surface area contributed by atoms with E-state index in [0.29, 0.717) is 12.3 Å². The van der Waals surface area contributed by atoms with Crippen molar-refractivity contribution in [1.82, 2.24) is 4.90 Å². The first-order valence-corrected chi connectivity index (χ1v) is 10.5. The maximum absolute atomic E-state index is 12.6. The molecule has 3 rings (SSSR count). The summed E-state index contributed by atoms with van der Waals surface area (Å²) in [5.74, 6) is 0.799. The number of rotatable bonds is 9. The van der Waals surface area contributed by atoms with Gasteiger partial charge in [-0.3, -0.25) is 4.79 Å². The second-order valence-electron chi connectivity index (χ2n) is 6.43. The zero-order valence-corrected chi connectivity index (χ0v) is 16.0. The Balaban J connectivity index is 1.60. The minimum absolute atomic E-state index is 0.00352. The largest absolute Gasteiger partial charge is 0.484 e. The summed E-state index contributed by atoms with van der Waals surface area (Å²) in [6.07, 6.45) is 1.99. The molecule has 0 bridgehead atoms. The highest BCUT2D eigenvalue weighted by Gasteiger charge is 2.32. The topological polar surface area (TPSA) is 72.9 Å². The van der Waals surface area contributed by atoms with Gasteiger partial charge in [0.15, 0.2) is 6.61 Å². The average Bonchev–Trinajstić information content (AvgIpc) is 3.51. The van der Waals surface area contributed by atoms with Crippen LogP contribution in [0.15, 0.2) is 54.6 Å². The van der Waals surface area contributed by atoms with Crippen LogP contribution in [0.2, 0.25) is 0 Å². The third kappa shape index (κ3) is 5.72. The van der Waals surface area contributed by atoms with Crippen molar-refractivity contribution in [1.29, 1.82) is 0 Å². The molecule has 0 unspecified atom stereocenters. The molecule has 0 spiro atoms. The fraction of sp³-hybridized carbons (Fsp3) is 0.350. The molecule has 0 aromatic heterocycles. The number of nitrogens with zero attached hydrogens (tertiary/aromatic N) is 1. The molecule has 2 aromatic rings. The summed E-state index contributed by atoms with van der Waals surface area (Å²) in [5, 5.41) is 0. The maximum atomic E-state index is 12.6. The lowest BCUT2D eigenvalue weighted by atomic mass is 10.2. The molecule has 1 fully saturated rings. The Bertz CT molecular complexity index is 861. The van der Waals surface area contributed by atoms with Crippen molar-refractivity contribution in [2.45, 2.75) is 32.4 Å².